The van der Waals surface area contributed by atoms with Crippen LogP contribution in [0, 0.1) is 17.8 Å². The minimum atomic E-state index is 0.276. The Kier molecular flexibility index (Phi) is 6.30. The van der Waals surface area contributed by atoms with Gasteiger partial charge in [-0.25, -0.2) is 0 Å². The highest BCUT2D eigenvalue weighted by molar-refractivity contribution is 5.81. The first kappa shape index (κ1) is 15.6. The van der Waals surface area contributed by atoms with E-state index in [0.717, 1.165) is 44.8 Å². The smallest absolute Gasteiger partial charge is 0.137 e. The van der Waals surface area contributed by atoms with E-state index < -0.39 is 0 Å². The maximum atomic E-state index is 12.0. The number of carbonyl (C=O) groups is 1. The SMILES string of the molecule is CC(C)C1CCC(=O)C(CN(C)CCN(C)C)C1. The van der Waals surface area contributed by atoms with Gasteiger partial charge < -0.3 is 9.80 Å². The molecule has 106 valence electrons. The number of ketones is 1. The Morgan fingerprint density at radius 3 is 2.44 bits per heavy atom. The summed E-state index contributed by atoms with van der Waals surface area (Å²) in [4.78, 5) is 16.5. The van der Waals surface area contributed by atoms with E-state index in [1.54, 1.807) is 0 Å². The van der Waals surface area contributed by atoms with Crippen molar-refractivity contribution in [2.75, 3.05) is 40.8 Å². The number of rotatable bonds is 6. The Morgan fingerprint density at radius 2 is 1.89 bits per heavy atom. The lowest BCUT2D eigenvalue weighted by Crippen LogP contribution is -2.38. The fourth-order valence-electron chi connectivity index (χ4n) is 2.77. The van der Waals surface area contributed by atoms with Gasteiger partial charge in [-0.1, -0.05) is 13.8 Å². The molecule has 1 rings (SSSR count). The van der Waals surface area contributed by atoms with E-state index in [9.17, 15) is 4.79 Å². The van der Waals surface area contributed by atoms with Crippen LogP contribution in [0.25, 0.3) is 0 Å². The number of likely N-dealkylation sites (N-methyl/N-ethyl adjacent to an activating group) is 2. The second kappa shape index (κ2) is 7.25. The summed E-state index contributed by atoms with van der Waals surface area (Å²) in [6, 6.07) is 0. The molecule has 0 bridgehead atoms. The predicted octanol–water partition coefficient (Wildman–Crippen LogP) is 2.12. The van der Waals surface area contributed by atoms with Crippen LogP contribution in [0.5, 0.6) is 0 Å². The summed E-state index contributed by atoms with van der Waals surface area (Å²) in [5.74, 6) is 2.23. The van der Waals surface area contributed by atoms with E-state index in [4.69, 9.17) is 0 Å². The van der Waals surface area contributed by atoms with Crippen LogP contribution in [0.2, 0.25) is 0 Å². The van der Waals surface area contributed by atoms with E-state index in [1.807, 2.05) is 0 Å². The van der Waals surface area contributed by atoms with Gasteiger partial charge >= 0.3 is 0 Å². The number of hydrogen-bond donors (Lipinski definition) is 0. The van der Waals surface area contributed by atoms with Gasteiger partial charge in [-0.2, -0.15) is 0 Å². The van der Waals surface area contributed by atoms with Crippen molar-refractivity contribution in [3.05, 3.63) is 0 Å². The van der Waals surface area contributed by atoms with Crippen molar-refractivity contribution in [2.24, 2.45) is 17.8 Å². The molecule has 0 N–H and O–H groups in total. The molecule has 1 saturated carbocycles. The molecule has 0 aliphatic heterocycles. The molecule has 0 amide bonds. The molecule has 3 nitrogen and oxygen atoms in total. The van der Waals surface area contributed by atoms with Crippen molar-refractivity contribution in [2.45, 2.75) is 33.1 Å². The lowest BCUT2D eigenvalue weighted by atomic mass is 9.75. The molecule has 0 heterocycles. The third-order valence-electron chi connectivity index (χ3n) is 4.21. The summed E-state index contributed by atoms with van der Waals surface area (Å²) in [6.07, 6.45) is 3.01. The molecule has 18 heavy (non-hydrogen) atoms. The molecular formula is C15H30N2O. The molecule has 3 heteroatoms. The zero-order chi connectivity index (χ0) is 13.7. The van der Waals surface area contributed by atoms with Gasteiger partial charge in [-0.05, 0) is 45.8 Å². The molecule has 1 fully saturated rings. The van der Waals surface area contributed by atoms with Crippen LogP contribution >= 0.6 is 0 Å². The second-order valence-electron chi connectivity index (χ2n) is 6.51. The Hall–Kier alpha value is -0.410. The van der Waals surface area contributed by atoms with E-state index in [2.05, 4.69) is 44.8 Å². The van der Waals surface area contributed by atoms with Crippen molar-refractivity contribution in [1.82, 2.24) is 9.80 Å². The Labute approximate surface area is 113 Å². The van der Waals surface area contributed by atoms with Crippen molar-refractivity contribution >= 4 is 5.78 Å². The Morgan fingerprint density at radius 1 is 1.22 bits per heavy atom. The van der Waals surface area contributed by atoms with Crippen LogP contribution in [0.1, 0.15) is 33.1 Å². The fraction of sp³-hybridized carbons (Fsp3) is 0.933. The van der Waals surface area contributed by atoms with Gasteiger partial charge in [0.2, 0.25) is 0 Å². The zero-order valence-electron chi connectivity index (χ0n) is 12.8. The van der Waals surface area contributed by atoms with Crippen LogP contribution in [-0.2, 0) is 4.79 Å². The monoisotopic (exact) mass is 254 g/mol. The molecule has 0 aromatic heterocycles. The fourth-order valence-corrected chi connectivity index (χ4v) is 2.77. The molecule has 1 aliphatic carbocycles. The number of carbonyl (C=O) groups excluding carboxylic acids is 1. The maximum Gasteiger partial charge on any atom is 0.137 e. The van der Waals surface area contributed by atoms with E-state index >= 15 is 0 Å². The summed E-state index contributed by atoms with van der Waals surface area (Å²) >= 11 is 0. The topological polar surface area (TPSA) is 23.6 Å². The first-order valence-corrected chi connectivity index (χ1v) is 7.26. The van der Waals surface area contributed by atoms with Gasteiger partial charge in [0.25, 0.3) is 0 Å². The zero-order valence-corrected chi connectivity index (χ0v) is 12.8. The van der Waals surface area contributed by atoms with Crippen LogP contribution < -0.4 is 0 Å². The summed E-state index contributed by atoms with van der Waals surface area (Å²) in [5, 5.41) is 0. The molecular weight excluding hydrogens is 224 g/mol. The molecule has 2 atom stereocenters. The summed E-state index contributed by atoms with van der Waals surface area (Å²) in [6.45, 7) is 7.62. The standard InChI is InChI=1S/C15H30N2O/c1-12(2)13-6-7-15(18)14(10-13)11-17(5)9-8-16(3)4/h12-14H,6-11H2,1-5H3. The average Bonchev–Trinajstić information content (AvgIpc) is 2.29. The van der Waals surface area contributed by atoms with Crippen LogP contribution in [-0.4, -0.2) is 56.4 Å². The molecule has 2 unspecified atom stereocenters. The lowest BCUT2D eigenvalue weighted by molar-refractivity contribution is -0.126. The Bertz CT molecular complexity index is 263. The summed E-state index contributed by atoms with van der Waals surface area (Å²) in [7, 11) is 6.32. The Balaban J connectivity index is 2.40. The maximum absolute atomic E-state index is 12.0. The molecule has 0 radical (unpaired) electrons. The second-order valence-corrected chi connectivity index (χ2v) is 6.51. The van der Waals surface area contributed by atoms with E-state index in [0.29, 0.717) is 11.7 Å². The van der Waals surface area contributed by atoms with Gasteiger partial charge in [-0.15, -0.1) is 0 Å². The van der Waals surface area contributed by atoms with Crippen molar-refractivity contribution in [3.63, 3.8) is 0 Å². The van der Waals surface area contributed by atoms with Crippen LogP contribution in [0.4, 0.5) is 0 Å². The van der Waals surface area contributed by atoms with Gasteiger partial charge in [0.15, 0.2) is 0 Å². The largest absolute Gasteiger partial charge is 0.308 e. The van der Waals surface area contributed by atoms with Gasteiger partial charge in [0, 0.05) is 32.0 Å². The van der Waals surface area contributed by atoms with Crippen molar-refractivity contribution in [3.8, 4) is 0 Å². The predicted molar refractivity (Wildman–Crippen MR) is 76.7 cm³/mol. The molecule has 0 aromatic rings. The first-order valence-electron chi connectivity index (χ1n) is 7.26. The number of Topliss-reactive ketones (excluding diaryl/α,β-unsaturated/α-hetero) is 1. The van der Waals surface area contributed by atoms with Crippen molar-refractivity contribution < 1.29 is 4.79 Å². The lowest BCUT2D eigenvalue weighted by Gasteiger charge is -2.33. The summed E-state index contributed by atoms with van der Waals surface area (Å²) < 4.78 is 0. The molecule has 0 aromatic carbocycles. The van der Waals surface area contributed by atoms with Gasteiger partial charge in [0.05, 0.1) is 0 Å². The highest BCUT2D eigenvalue weighted by Gasteiger charge is 2.30. The quantitative estimate of drug-likeness (QED) is 0.725. The molecule has 1 aliphatic rings. The number of hydrogen-bond acceptors (Lipinski definition) is 3. The van der Waals surface area contributed by atoms with Crippen LogP contribution in [0.3, 0.4) is 0 Å². The third kappa shape index (κ3) is 5.07. The number of nitrogens with zero attached hydrogens (tertiary/aromatic N) is 2. The van der Waals surface area contributed by atoms with E-state index in [1.165, 1.54) is 0 Å². The molecule has 0 spiro atoms. The third-order valence-corrected chi connectivity index (χ3v) is 4.21. The minimum absolute atomic E-state index is 0.276. The van der Waals surface area contributed by atoms with Gasteiger partial charge in [-0.3, -0.25) is 4.79 Å². The average molecular weight is 254 g/mol. The highest BCUT2D eigenvalue weighted by Crippen LogP contribution is 2.31. The minimum Gasteiger partial charge on any atom is -0.308 e. The van der Waals surface area contributed by atoms with Gasteiger partial charge in [0.1, 0.15) is 5.78 Å². The van der Waals surface area contributed by atoms with Crippen molar-refractivity contribution in [1.29, 1.82) is 0 Å². The first-order chi connectivity index (χ1) is 8.40. The summed E-state index contributed by atoms with van der Waals surface area (Å²) in [5.41, 5.74) is 0. The highest BCUT2D eigenvalue weighted by atomic mass is 16.1. The van der Waals surface area contributed by atoms with Crippen LogP contribution in [0.15, 0.2) is 0 Å². The molecule has 0 saturated heterocycles. The normalized spacial score (nSPS) is 25.4. The van der Waals surface area contributed by atoms with E-state index in [-0.39, 0.29) is 5.92 Å².